The Morgan fingerprint density at radius 2 is 2.05 bits per heavy atom. The van der Waals surface area contributed by atoms with Crippen molar-refractivity contribution in [3.05, 3.63) is 21.4 Å². The molecular formula is C16H22N2O3S. The lowest BCUT2D eigenvalue weighted by Crippen LogP contribution is -2.44. The predicted molar refractivity (Wildman–Crippen MR) is 85.9 cm³/mol. The summed E-state index contributed by atoms with van der Waals surface area (Å²) in [6.45, 7) is 4.93. The van der Waals surface area contributed by atoms with Crippen LogP contribution in [-0.2, 0) is 9.59 Å². The smallest absolute Gasteiger partial charge is 0.223 e. The van der Waals surface area contributed by atoms with Gasteiger partial charge in [0.25, 0.3) is 0 Å². The van der Waals surface area contributed by atoms with Crippen LogP contribution in [0, 0.1) is 19.8 Å². The Morgan fingerprint density at radius 3 is 2.64 bits per heavy atom. The summed E-state index contributed by atoms with van der Waals surface area (Å²) in [5.41, 5.74) is 6.04. The van der Waals surface area contributed by atoms with Gasteiger partial charge in [0.05, 0.1) is 5.92 Å². The van der Waals surface area contributed by atoms with Crippen molar-refractivity contribution in [2.45, 2.75) is 39.5 Å². The molecule has 1 aliphatic rings. The van der Waals surface area contributed by atoms with Gasteiger partial charge in [-0.05, 0) is 32.8 Å². The molecule has 6 heteroatoms. The topological polar surface area (TPSA) is 80.5 Å². The highest BCUT2D eigenvalue weighted by molar-refractivity contribution is 7.12. The number of thiophene rings is 1. The highest BCUT2D eigenvalue weighted by Crippen LogP contribution is 2.23. The number of nitrogens with two attached hydrogens (primary N) is 1. The Hall–Kier alpha value is -1.69. The summed E-state index contributed by atoms with van der Waals surface area (Å²) in [5, 5.41) is 0. The van der Waals surface area contributed by atoms with E-state index in [-0.39, 0.29) is 36.4 Å². The first-order chi connectivity index (χ1) is 10.4. The molecule has 1 atom stereocenters. The van der Waals surface area contributed by atoms with Crippen LogP contribution in [0.2, 0.25) is 0 Å². The molecule has 2 heterocycles. The number of carbonyl (C=O) groups is 3. The maximum absolute atomic E-state index is 12.2. The van der Waals surface area contributed by atoms with Gasteiger partial charge in [-0.25, -0.2) is 0 Å². The summed E-state index contributed by atoms with van der Waals surface area (Å²) in [7, 11) is 0. The molecule has 0 unspecified atom stereocenters. The number of Topliss-reactive ketones (excluding diaryl/α,β-unsaturated/α-hetero) is 1. The Balaban J connectivity index is 1.88. The van der Waals surface area contributed by atoms with Gasteiger partial charge >= 0.3 is 0 Å². The van der Waals surface area contributed by atoms with Crippen LogP contribution in [0.25, 0.3) is 0 Å². The third kappa shape index (κ3) is 3.94. The standard InChI is InChI=1S/C16H22N2O3S/c1-10-8-13(11(2)22-10)14(19)5-6-15(20)18-7-3-4-12(9-18)16(17)21/h8,12H,3-7,9H2,1-2H3,(H2,17,21)/t12-/m0/s1. The Kier molecular flexibility index (Phi) is 5.34. The van der Waals surface area contributed by atoms with E-state index in [0.717, 1.165) is 28.2 Å². The van der Waals surface area contributed by atoms with Gasteiger partial charge in [0.2, 0.25) is 11.8 Å². The fourth-order valence-corrected chi connectivity index (χ4v) is 3.80. The maximum atomic E-state index is 12.2. The van der Waals surface area contributed by atoms with Gasteiger partial charge in [0, 0.05) is 41.2 Å². The second kappa shape index (κ2) is 7.05. The molecule has 0 radical (unpaired) electrons. The molecule has 0 spiro atoms. The molecule has 1 aliphatic heterocycles. The first kappa shape index (κ1) is 16.7. The summed E-state index contributed by atoms with van der Waals surface area (Å²) in [5.74, 6) is -0.657. The van der Waals surface area contributed by atoms with Gasteiger partial charge in [-0.3, -0.25) is 14.4 Å². The van der Waals surface area contributed by atoms with Crippen LogP contribution in [-0.4, -0.2) is 35.6 Å². The monoisotopic (exact) mass is 322 g/mol. The lowest BCUT2D eigenvalue weighted by molar-refractivity contribution is -0.134. The molecule has 0 aromatic carbocycles. The van der Waals surface area contributed by atoms with Gasteiger partial charge in [0.1, 0.15) is 0 Å². The van der Waals surface area contributed by atoms with Gasteiger partial charge in [-0.1, -0.05) is 0 Å². The van der Waals surface area contributed by atoms with Crippen LogP contribution in [0.1, 0.15) is 45.8 Å². The SMILES string of the molecule is Cc1cc(C(=O)CCC(=O)N2CCC[C@H](C(N)=O)C2)c(C)s1. The van der Waals surface area contributed by atoms with E-state index in [9.17, 15) is 14.4 Å². The van der Waals surface area contributed by atoms with Crippen molar-refractivity contribution in [3.8, 4) is 0 Å². The fourth-order valence-electron chi connectivity index (χ4n) is 2.86. The minimum atomic E-state index is -0.349. The Morgan fingerprint density at radius 1 is 1.32 bits per heavy atom. The molecule has 2 N–H and O–H groups in total. The molecule has 2 amide bonds. The summed E-state index contributed by atoms with van der Waals surface area (Å²) in [4.78, 5) is 39.4. The molecule has 1 aromatic rings. The van der Waals surface area contributed by atoms with E-state index in [1.165, 1.54) is 0 Å². The maximum Gasteiger partial charge on any atom is 0.223 e. The van der Waals surface area contributed by atoms with E-state index in [4.69, 9.17) is 5.73 Å². The zero-order chi connectivity index (χ0) is 16.3. The molecule has 2 rings (SSSR count). The van der Waals surface area contributed by atoms with Crippen LogP contribution < -0.4 is 5.73 Å². The number of rotatable bonds is 5. The summed E-state index contributed by atoms with van der Waals surface area (Å²) >= 11 is 1.60. The van der Waals surface area contributed by atoms with Crippen molar-refractivity contribution in [3.63, 3.8) is 0 Å². The van der Waals surface area contributed by atoms with E-state index >= 15 is 0 Å². The van der Waals surface area contributed by atoms with E-state index in [1.807, 2.05) is 19.9 Å². The Labute approximate surface area is 134 Å². The lowest BCUT2D eigenvalue weighted by atomic mass is 9.97. The number of carbonyl (C=O) groups excluding carboxylic acids is 3. The zero-order valence-electron chi connectivity index (χ0n) is 13.1. The molecule has 22 heavy (non-hydrogen) atoms. The second-order valence-electron chi connectivity index (χ2n) is 5.83. The minimum Gasteiger partial charge on any atom is -0.369 e. The third-order valence-corrected chi connectivity index (χ3v) is 5.05. The Bertz CT molecular complexity index is 594. The quantitative estimate of drug-likeness (QED) is 0.843. The average Bonchev–Trinajstić information content (AvgIpc) is 2.83. The average molecular weight is 322 g/mol. The number of hydrogen-bond acceptors (Lipinski definition) is 4. The molecular weight excluding hydrogens is 300 g/mol. The number of nitrogens with zero attached hydrogens (tertiary/aromatic N) is 1. The number of ketones is 1. The molecule has 120 valence electrons. The first-order valence-electron chi connectivity index (χ1n) is 7.55. The summed E-state index contributed by atoms with van der Waals surface area (Å²) in [6.07, 6.45) is 1.94. The predicted octanol–water partition coefficient (Wildman–Crippen LogP) is 2.05. The fraction of sp³-hybridized carbons (Fsp3) is 0.562. The normalized spacial score (nSPS) is 18.3. The van der Waals surface area contributed by atoms with Gasteiger partial charge in [-0.2, -0.15) is 0 Å². The molecule has 5 nitrogen and oxygen atoms in total. The third-order valence-electron chi connectivity index (χ3n) is 4.08. The van der Waals surface area contributed by atoms with Crippen molar-refractivity contribution in [2.75, 3.05) is 13.1 Å². The molecule has 1 fully saturated rings. The van der Waals surface area contributed by atoms with Crippen molar-refractivity contribution in [2.24, 2.45) is 11.7 Å². The molecule has 0 aliphatic carbocycles. The highest BCUT2D eigenvalue weighted by atomic mass is 32.1. The van der Waals surface area contributed by atoms with Crippen LogP contribution in [0.4, 0.5) is 0 Å². The van der Waals surface area contributed by atoms with Gasteiger partial charge in [-0.15, -0.1) is 11.3 Å². The largest absolute Gasteiger partial charge is 0.369 e. The van der Waals surface area contributed by atoms with E-state index < -0.39 is 0 Å². The number of piperidine rings is 1. The highest BCUT2D eigenvalue weighted by Gasteiger charge is 2.27. The van der Waals surface area contributed by atoms with Crippen LogP contribution in [0.5, 0.6) is 0 Å². The van der Waals surface area contributed by atoms with Crippen LogP contribution >= 0.6 is 11.3 Å². The first-order valence-corrected chi connectivity index (χ1v) is 8.37. The summed E-state index contributed by atoms with van der Waals surface area (Å²) in [6, 6.07) is 1.89. The van der Waals surface area contributed by atoms with Crippen molar-refractivity contribution in [1.29, 1.82) is 0 Å². The van der Waals surface area contributed by atoms with Crippen LogP contribution in [0.15, 0.2) is 6.07 Å². The second-order valence-corrected chi connectivity index (χ2v) is 7.29. The number of amides is 2. The van der Waals surface area contributed by atoms with Crippen molar-refractivity contribution >= 4 is 28.9 Å². The molecule has 1 aromatic heterocycles. The van der Waals surface area contributed by atoms with E-state index in [2.05, 4.69) is 0 Å². The number of aryl methyl sites for hydroxylation is 2. The van der Waals surface area contributed by atoms with E-state index in [0.29, 0.717) is 13.1 Å². The molecule has 0 bridgehead atoms. The minimum absolute atomic E-state index is 0.0126. The van der Waals surface area contributed by atoms with E-state index in [1.54, 1.807) is 16.2 Å². The van der Waals surface area contributed by atoms with Gasteiger partial charge in [0.15, 0.2) is 5.78 Å². The van der Waals surface area contributed by atoms with Crippen molar-refractivity contribution in [1.82, 2.24) is 4.90 Å². The molecule has 0 saturated carbocycles. The van der Waals surface area contributed by atoms with Crippen LogP contribution in [0.3, 0.4) is 0 Å². The number of primary amides is 1. The number of hydrogen-bond donors (Lipinski definition) is 1. The van der Waals surface area contributed by atoms with Gasteiger partial charge < -0.3 is 10.6 Å². The summed E-state index contributed by atoms with van der Waals surface area (Å²) < 4.78 is 0. The van der Waals surface area contributed by atoms with Crippen molar-refractivity contribution < 1.29 is 14.4 Å². The lowest BCUT2D eigenvalue weighted by Gasteiger charge is -2.31. The number of likely N-dealkylation sites (tertiary alicyclic amines) is 1. The zero-order valence-corrected chi connectivity index (χ0v) is 13.9. The molecule has 1 saturated heterocycles.